The average Bonchev–Trinajstić information content (AvgIpc) is 3.00. The van der Waals surface area contributed by atoms with E-state index in [9.17, 15) is 0 Å². The Kier molecular flexibility index (Phi) is 4.07. The lowest BCUT2D eigenvalue weighted by atomic mass is 10.1. The van der Waals surface area contributed by atoms with Crippen molar-refractivity contribution in [3.05, 3.63) is 51.6 Å². The van der Waals surface area contributed by atoms with Gasteiger partial charge in [-0.05, 0) is 35.2 Å². The van der Waals surface area contributed by atoms with Gasteiger partial charge in [-0.3, -0.25) is 4.68 Å². The third-order valence-corrected chi connectivity index (χ3v) is 3.80. The van der Waals surface area contributed by atoms with Crippen molar-refractivity contribution in [3.63, 3.8) is 0 Å². The minimum absolute atomic E-state index is 0.665. The Balaban J connectivity index is 1.99. The second-order valence-corrected chi connectivity index (χ2v) is 5.88. The molecule has 3 rings (SSSR count). The minimum Gasteiger partial charge on any atom is -0.459 e. The molecule has 1 N–H and O–H groups in total. The van der Waals surface area contributed by atoms with E-state index >= 15 is 0 Å². The van der Waals surface area contributed by atoms with Crippen LogP contribution in [0.15, 0.2) is 41.1 Å². The summed E-state index contributed by atoms with van der Waals surface area (Å²) in [5.41, 5.74) is 2.17. The second-order valence-electron chi connectivity index (χ2n) is 4.64. The molecular formula is C15H16IN3O. The Morgan fingerprint density at radius 2 is 2.20 bits per heavy atom. The highest BCUT2D eigenvalue weighted by atomic mass is 127. The van der Waals surface area contributed by atoms with Crippen molar-refractivity contribution in [1.82, 2.24) is 15.1 Å². The van der Waals surface area contributed by atoms with Crippen LogP contribution >= 0.6 is 22.6 Å². The van der Waals surface area contributed by atoms with Gasteiger partial charge in [0.25, 0.3) is 0 Å². The lowest BCUT2D eigenvalue weighted by molar-refractivity contribution is 0.500. The Bertz CT molecular complexity index is 717. The van der Waals surface area contributed by atoms with Gasteiger partial charge in [-0.2, -0.15) is 5.10 Å². The molecule has 0 fully saturated rings. The zero-order valence-electron chi connectivity index (χ0n) is 11.3. The molecule has 0 bridgehead atoms. The molecule has 0 amide bonds. The fraction of sp³-hybridized carbons (Fsp3) is 0.267. The quantitative estimate of drug-likeness (QED) is 0.689. The van der Waals surface area contributed by atoms with Crippen LogP contribution in [0.4, 0.5) is 0 Å². The highest BCUT2D eigenvalue weighted by Gasteiger charge is 2.14. The molecule has 0 saturated heterocycles. The van der Waals surface area contributed by atoms with Crippen LogP contribution in [0.2, 0.25) is 0 Å². The normalized spacial score (nSPS) is 11.3. The van der Waals surface area contributed by atoms with Crippen LogP contribution in [-0.4, -0.2) is 16.3 Å². The van der Waals surface area contributed by atoms with E-state index in [1.165, 1.54) is 10.9 Å². The average molecular weight is 381 g/mol. The van der Waals surface area contributed by atoms with Gasteiger partial charge in [0.2, 0.25) is 0 Å². The molecule has 1 aromatic carbocycles. The maximum atomic E-state index is 6.01. The van der Waals surface area contributed by atoms with E-state index in [1.807, 2.05) is 35.3 Å². The summed E-state index contributed by atoms with van der Waals surface area (Å²) < 4.78 is 9.05. The Labute approximate surface area is 131 Å². The molecule has 5 heteroatoms. The molecule has 4 nitrogen and oxygen atoms in total. The summed E-state index contributed by atoms with van der Waals surface area (Å²) in [7, 11) is 0. The molecule has 0 unspecified atom stereocenters. The zero-order valence-corrected chi connectivity index (χ0v) is 13.4. The van der Waals surface area contributed by atoms with E-state index in [-0.39, 0.29) is 0 Å². The summed E-state index contributed by atoms with van der Waals surface area (Å²) in [6.07, 6.45) is 3.87. The van der Waals surface area contributed by atoms with E-state index in [1.54, 1.807) is 0 Å². The molecule has 20 heavy (non-hydrogen) atoms. The van der Waals surface area contributed by atoms with Gasteiger partial charge in [0.05, 0.1) is 16.3 Å². The largest absolute Gasteiger partial charge is 0.459 e. The molecule has 2 heterocycles. The third kappa shape index (κ3) is 2.73. The Hall–Kier alpha value is -1.34. The first-order valence-corrected chi connectivity index (χ1v) is 7.73. The van der Waals surface area contributed by atoms with Crippen LogP contribution in [0, 0.1) is 3.57 Å². The van der Waals surface area contributed by atoms with Gasteiger partial charge in [-0.25, -0.2) is 0 Å². The topological polar surface area (TPSA) is 43.0 Å². The molecule has 0 aliphatic rings. The fourth-order valence-electron chi connectivity index (χ4n) is 2.29. The predicted molar refractivity (Wildman–Crippen MR) is 87.6 cm³/mol. The maximum Gasteiger partial charge on any atom is 0.134 e. The van der Waals surface area contributed by atoms with Gasteiger partial charge >= 0.3 is 0 Å². The minimum atomic E-state index is 0.665. The van der Waals surface area contributed by atoms with Crippen molar-refractivity contribution in [1.29, 1.82) is 0 Å². The second kappa shape index (κ2) is 5.97. The molecule has 3 aromatic rings. The molecule has 0 atom stereocenters. The number of nitrogens with zero attached hydrogens (tertiary/aromatic N) is 2. The number of halogens is 1. The first-order valence-electron chi connectivity index (χ1n) is 6.66. The smallest absolute Gasteiger partial charge is 0.134 e. The first-order chi connectivity index (χ1) is 9.78. The van der Waals surface area contributed by atoms with Crippen molar-refractivity contribution >= 4 is 33.6 Å². The summed E-state index contributed by atoms with van der Waals surface area (Å²) in [6, 6.07) is 8.18. The highest BCUT2D eigenvalue weighted by Crippen LogP contribution is 2.26. The predicted octanol–water partition coefficient (Wildman–Crippen LogP) is 3.39. The molecule has 104 valence electrons. The molecule has 0 aliphatic carbocycles. The number of aromatic nitrogens is 2. The molecule has 0 aliphatic heterocycles. The van der Waals surface area contributed by atoms with E-state index in [2.05, 4.69) is 46.0 Å². The molecule has 0 spiro atoms. The number of nitrogens with one attached hydrogen (secondary N) is 1. The molecular weight excluding hydrogens is 365 g/mol. The van der Waals surface area contributed by atoms with Gasteiger partial charge in [-0.15, -0.1) is 0 Å². The molecule has 2 aromatic heterocycles. The van der Waals surface area contributed by atoms with Crippen molar-refractivity contribution in [2.75, 3.05) is 6.54 Å². The number of furan rings is 1. The van der Waals surface area contributed by atoms with E-state index in [0.29, 0.717) is 6.54 Å². The zero-order chi connectivity index (χ0) is 13.9. The van der Waals surface area contributed by atoms with Gasteiger partial charge in [0.15, 0.2) is 0 Å². The molecule has 0 saturated carbocycles. The van der Waals surface area contributed by atoms with Crippen LogP contribution in [-0.2, 0) is 13.1 Å². The SMILES string of the molecule is CCNCc1c(Cn2cc(I)cn2)oc2ccccc12. The van der Waals surface area contributed by atoms with Crippen LogP contribution in [0.25, 0.3) is 11.0 Å². The van der Waals surface area contributed by atoms with Gasteiger partial charge in [0.1, 0.15) is 11.3 Å². The van der Waals surface area contributed by atoms with Crippen molar-refractivity contribution < 1.29 is 4.42 Å². The van der Waals surface area contributed by atoms with Crippen molar-refractivity contribution in [2.45, 2.75) is 20.0 Å². The van der Waals surface area contributed by atoms with Crippen LogP contribution < -0.4 is 5.32 Å². The van der Waals surface area contributed by atoms with Gasteiger partial charge < -0.3 is 9.73 Å². The molecule has 0 radical (unpaired) electrons. The number of benzene rings is 1. The van der Waals surface area contributed by atoms with Crippen LogP contribution in [0.1, 0.15) is 18.2 Å². The highest BCUT2D eigenvalue weighted by molar-refractivity contribution is 14.1. The summed E-state index contributed by atoms with van der Waals surface area (Å²) in [5.74, 6) is 0.978. The third-order valence-electron chi connectivity index (χ3n) is 3.24. The lowest BCUT2D eigenvalue weighted by Crippen LogP contribution is -2.13. The van der Waals surface area contributed by atoms with Crippen LogP contribution in [0.3, 0.4) is 0 Å². The van der Waals surface area contributed by atoms with Crippen molar-refractivity contribution in [3.8, 4) is 0 Å². The van der Waals surface area contributed by atoms with Crippen LogP contribution in [0.5, 0.6) is 0 Å². The van der Waals surface area contributed by atoms with Gasteiger partial charge in [0, 0.05) is 23.7 Å². The van der Waals surface area contributed by atoms with E-state index in [4.69, 9.17) is 4.42 Å². The number of para-hydroxylation sites is 1. The summed E-state index contributed by atoms with van der Waals surface area (Å²) in [4.78, 5) is 0. The van der Waals surface area contributed by atoms with Crippen molar-refractivity contribution in [2.24, 2.45) is 0 Å². The number of hydrogen-bond donors (Lipinski definition) is 1. The number of fused-ring (bicyclic) bond motifs is 1. The summed E-state index contributed by atoms with van der Waals surface area (Å²) in [5, 5.41) is 8.90. The Morgan fingerprint density at radius 1 is 1.35 bits per heavy atom. The van der Waals surface area contributed by atoms with E-state index in [0.717, 1.165) is 28.0 Å². The number of hydrogen-bond acceptors (Lipinski definition) is 3. The maximum absolute atomic E-state index is 6.01. The van der Waals surface area contributed by atoms with E-state index < -0.39 is 0 Å². The monoisotopic (exact) mass is 381 g/mol. The summed E-state index contributed by atoms with van der Waals surface area (Å²) >= 11 is 2.26. The first kappa shape index (κ1) is 13.6. The fourth-order valence-corrected chi connectivity index (χ4v) is 2.74. The lowest BCUT2D eigenvalue weighted by Gasteiger charge is -2.04. The van der Waals surface area contributed by atoms with Gasteiger partial charge in [-0.1, -0.05) is 25.1 Å². The number of rotatable bonds is 5. The standard InChI is InChI=1S/C15H16IN3O/c1-2-17-8-13-12-5-3-4-6-14(12)20-15(13)10-19-9-11(16)7-18-19/h3-7,9,17H,2,8,10H2,1H3. The Morgan fingerprint density at radius 3 is 2.95 bits per heavy atom. The summed E-state index contributed by atoms with van der Waals surface area (Å²) in [6.45, 7) is 4.54.